The van der Waals surface area contributed by atoms with Crippen molar-refractivity contribution >= 4 is 17.0 Å². The van der Waals surface area contributed by atoms with Crippen molar-refractivity contribution in [1.29, 1.82) is 0 Å². The monoisotopic (exact) mass is 336 g/mol. The lowest BCUT2D eigenvalue weighted by Gasteiger charge is -2.14. The third kappa shape index (κ3) is 2.96. The number of hydrogen-bond donors (Lipinski definition) is 4. The minimum atomic E-state index is -1.25. The van der Waals surface area contributed by atoms with Crippen LogP contribution in [0, 0.1) is 0 Å². The van der Waals surface area contributed by atoms with Crippen molar-refractivity contribution in [3.05, 3.63) is 18.0 Å². The minimum Gasteiger partial charge on any atom is -0.394 e. The maximum absolute atomic E-state index is 10.1. The summed E-state index contributed by atoms with van der Waals surface area (Å²) < 4.78 is 6.74. The first-order valence-corrected chi connectivity index (χ1v) is 7.58. The summed E-state index contributed by atoms with van der Waals surface area (Å²) in [5.74, 6) is 0.510. The third-order valence-corrected chi connectivity index (χ3v) is 3.80. The molecular weight excluding hydrogens is 316 g/mol. The molecule has 0 unspecified atom stereocenters. The molecule has 24 heavy (non-hydrogen) atoms. The zero-order valence-electron chi connectivity index (χ0n) is 13.4. The van der Waals surface area contributed by atoms with Crippen LogP contribution in [0.1, 0.15) is 20.1 Å². The lowest BCUT2D eigenvalue weighted by Crippen LogP contribution is -2.33. The summed E-state index contributed by atoms with van der Waals surface area (Å²) in [5, 5.41) is 40.3. The van der Waals surface area contributed by atoms with Crippen molar-refractivity contribution in [2.24, 2.45) is 0 Å². The fourth-order valence-electron chi connectivity index (χ4n) is 2.50. The summed E-state index contributed by atoms with van der Waals surface area (Å²) in [7, 11) is 0. The molecule has 2 aromatic heterocycles. The first-order valence-electron chi connectivity index (χ1n) is 7.58. The van der Waals surface area contributed by atoms with Gasteiger partial charge in [0.15, 0.2) is 23.2 Å². The predicted molar refractivity (Wildman–Crippen MR) is 84.0 cm³/mol. The number of allylic oxidation sites excluding steroid dienone is 1. The molecule has 0 spiro atoms. The van der Waals surface area contributed by atoms with Crippen LogP contribution < -0.4 is 5.32 Å². The molecule has 0 bridgehead atoms. The second-order valence-corrected chi connectivity index (χ2v) is 5.82. The molecule has 4 N–H and O–H groups in total. The Labute approximate surface area is 137 Å². The quantitative estimate of drug-likeness (QED) is 0.517. The molecule has 1 saturated heterocycles. The molecule has 2 aromatic rings. The normalized spacial score (nSPS) is 26.7. The molecule has 0 amide bonds. The lowest BCUT2D eigenvalue weighted by atomic mass is 10.1. The van der Waals surface area contributed by atoms with Gasteiger partial charge < -0.3 is 25.4 Å². The van der Waals surface area contributed by atoms with E-state index in [-0.39, 0.29) is 0 Å². The number of nitrogens with one attached hydrogen (secondary N) is 1. The largest absolute Gasteiger partial charge is 0.394 e. The highest BCUT2D eigenvalue weighted by Crippen LogP contribution is 2.31. The Morgan fingerprint density at radius 1 is 1.33 bits per heavy atom. The van der Waals surface area contributed by atoms with Gasteiger partial charge in [-0.3, -0.25) is 0 Å². The molecule has 130 valence electrons. The molecule has 1 aliphatic rings. The molecule has 3 rings (SSSR count). The van der Waals surface area contributed by atoms with Crippen LogP contribution in [0.25, 0.3) is 11.2 Å². The number of nitrogens with zero attached hydrogens (tertiary/aromatic N) is 5. The number of ether oxygens (including phenoxy) is 1. The topological polar surface area (TPSA) is 138 Å². The Morgan fingerprint density at radius 2 is 2.12 bits per heavy atom. The standard InChI is InChI=1S/C14H20N6O4/c1-7(2)3-4-15-12-9-13(17-6-16-12)20(19-18-9)14-11(23)10(22)8(5-21)24-14/h3,6,8,10-11,14,21-23H,4-5H2,1-2H3,(H,15,16,17)/t8-,10-,11-,14-/m1/s1. The van der Waals surface area contributed by atoms with E-state index in [1.54, 1.807) is 0 Å². The van der Waals surface area contributed by atoms with E-state index in [1.165, 1.54) is 16.6 Å². The van der Waals surface area contributed by atoms with Gasteiger partial charge in [0.2, 0.25) is 0 Å². The Bertz CT molecular complexity index is 744. The summed E-state index contributed by atoms with van der Waals surface area (Å²) in [5.41, 5.74) is 1.96. The van der Waals surface area contributed by atoms with Gasteiger partial charge in [-0.2, -0.15) is 4.68 Å². The molecule has 0 saturated carbocycles. The summed E-state index contributed by atoms with van der Waals surface area (Å²) in [6, 6.07) is 0. The molecule has 10 nitrogen and oxygen atoms in total. The fraction of sp³-hybridized carbons (Fsp3) is 0.571. The fourth-order valence-corrected chi connectivity index (χ4v) is 2.50. The van der Waals surface area contributed by atoms with Crippen molar-refractivity contribution in [2.75, 3.05) is 18.5 Å². The molecule has 3 heterocycles. The van der Waals surface area contributed by atoms with E-state index in [0.717, 1.165) is 0 Å². The van der Waals surface area contributed by atoms with Crippen molar-refractivity contribution in [1.82, 2.24) is 25.0 Å². The Balaban J connectivity index is 1.90. The van der Waals surface area contributed by atoms with Gasteiger partial charge >= 0.3 is 0 Å². The average Bonchev–Trinajstić information content (AvgIpc) is 3.10. The highest BCUT2D eigenvalue weighted by Gasteiger charge is 2.44. The van der Waals surface area contributed by atoms with Crippen LogP contribution in [0.3, 0.4) is 0 Å². The van der Waals surface area contributed by atoms with E-state index in [4.69, 9.17) is 4.74 Å². The second kappa shape index (κ2) is 6.77. The van der Waals surface area contributed by atoms with Crippen LogP contribution in [-0.4, -0.2) is 71.7 Å². The average molecular weight is 336 g/mol. The second-order valence-electron chi connectivity index (χ2n) is 5.82. The van der Waals surface area contributed by atoms with E-state index in [9.17, 15) is 15.3 Å². The number of anilines is 1. The number of rotatable bonds is 5. The van der Waals surface area contributed by atoms with Crippen molar-refractivity contribution in [3.63, 3.8) is 0 Å². The van der Waals surface area contributed by atoms with Crippen LogP contribution >= 0.6 is 0 Å². The summed E-state index contributed by atoms with van der Waals surface area (Å²) >= 11 is 0. The highest BCUT2D eigenvalue weighted by molar-refractivity contribution is 5.81. The van der Waals surface area contributed by atoms with Gasteiger partial charge in [-0.15, -0.1) is 5.10 Å². The van der Waals surface area contributed by atoms with Crippen molar-refractivity contribution in [2.45, 2.75) is 38.4 Å². The Kier molecular flexibility index (Phi) is 4.71. The molecule has 0 radical (unpaired) electrons. The van der Waals surface area contributed by atoms with Crippen LogP contribution in [0.5, 0.6) is 0 Å². The number of aliphatic hydroxyl groups excluding tert-OH is 3. The van der Waals surface area contributed by atoms with Gasteiger partial charge in [0.25, 0.3) is 0 Å². The van der Waals surface area contributed by atoms with E-state index >= 15 is 0 Å². The van der Waals surface area contributed by atoms with Crippen LogP contribution in [0.15, 0.2) is 18.0 Å². The molecule has 0 aliphatic carbocycles. The number of hydrogen-bond acceptors (Lipinski definition) is 9. The molecule has 10 heteroatoms. The maximum atomic E-state index is 10.1. The zero-order valence-corrected chi connectivity index (χ0v) is 13.4. The first kappa shape index (κ1) is 16.7. The molecular formula is C14H20N6O4. The van der Waals surface area contributed by atoms with Gasteiger partial charge in [-0.25, -0.2) is 9.97 Å². The van der Waals surface area contributed by atoms with Gasteiger partial charge in [0, 0.05) is 6.54 Å². The molecule has 1 aliphatic heterocycles. The SMILES string of the molecule is CC(C)=CCNc1ncnc2c1nnn2[C@@H]1O[C@H](CO)[C@@H](O)[C@H]1O. The van der Waals surface area contributed by atoms with E-state index in [1.807, 2.05) is 19.9 Å². The van der Waals surface area contributed by atoms with Crippen molar-refractivity contribution in [3.8, 4) is 0 Å². The Hall–Kier alpha value is -2.14. The zero-order chi connectivity index (χ0) is 17.3. The first-order chi connectivity index (χ1) is 11.5. The van der Waals surface area contributed by atoms with Gasteiger partial charge in [0.05, 0.1) is 6.61 Å². The van der Waals surface area contributed by atoms with Crippen LogP contribution in [0.4, 0.5) is 5.82 Å². The van der Waals surface area contributed by atoms with E-state index < -0.39 is 31.1 Å². The minimum absolute atomic E-state index is 0.361. The molecule has 1 fully saturated rings. The number of aliphatic hydroxyl groups is 3. The number of fused-ring (bicyclic) bond motifs is 1. The predicted octanol–water partition coefficient (Wildman–Crippen LogP) is -0.789. The number of aromatic nitrogens is 5. The smallest absolute Gasteiger partial charge is 0.186 e. The third-order valence-electron chi connectivity index (χ3n) is 3.80. The van der Waals surface area contributed by atoms with E-state index in [2.05, 4.69) is 25.6 Å². The van der Waals surface area contributed by atoms with Crippen LogP contribution in [-0.2, 0) is 4.74 Å². The molecule has 0 aromatic carbocycles. The summed E-state index contributed by atoms with van der Waals surface area (Å²) in [4.78, 5) is 8.28. The van der Waals surface area contributed by atoms with Crippen LogP contribution in [0.2, 0.25) is 0 Å². The molecule has 4 atom stereocenters. The van der Waals surface area contributed by atoms with E-state index in [0.29, 0.717) is 23.5 Å². The highest BCUT2D eigenvalue weighted by atomic mass is 16.6. The van der Waals surface area contributed by atoms with Crippen molar-refractivity contribution < 1.29 is 20.1 Å². The Morgan fingerprint density at radius 3 is 2.79 bits per heavy atom. The summed E-state index contributed by atoms with van der Waals surface area (Å²) in [6.45, 7) is 4.16. The van der Waals surface area contributed by atoms with Gasteiger partial charge in [-0.05, 0) is 13.8 Å². The van der Waals surface area contributed by atoms with Gasteiger partial charge in [0.1, 0.15) is 24.6 Å². The van der Waals surface area contributed by atoms with Gasteiger partial charge in [-0.1, -0.05) is 16.9 Å². The maximum Gasteiger partial charge on any atom is 0.186 e. The lowest BCUT2D eigenvalue weighted by molar-refractivity contribution is -0.0574. The summed E-state index contributed by atoms with van der Waals surface area (Å²) in [6.07, 6.45) is -0.969.